The molecule has 7 heteroatoms. The van der Waals surface area contributed by atoms with E-state index < -0.39 is 10.0 Å². The molecule has 0 fully saturated rings. The van der Waals surface area contributed by atoms with Gasteiger partial charge in [0, 0.05) is 17.5 Å². The van der Waals surface area contributed by atoms with E-state index in [2.05, 4.69) is 15.0 Å². The number of carbonyl (C=O) groups is 1. The third kappa shape index (κ3) is 5.45. The van der Waals surface area contributed by atoms with E-state index >= 15 is 0 Å². The summed E-state index contributed by atoms with van der Waals surface area (Å²) < 4.78 is 30.0. The molecule has 33 heavy (non-hydrogen) atoms. The number of sulfonamides is 1. The van der Waals surface area contributed by atoms with Gasteiger partial charge in [-0.15, -0.1) is 0 Å². The van der Waals surface area contributed by atoms with Gasteiger partial charge in [0.05, 0.1) is 16.3 Å². The number of aryl methyl sites for hydroxylation is 2. The number of carbonyl (C=O) groups excluding carboxylic acids is 1. The molecule has 0 spiro atoms. The summed E-state index contributed by atoms with van der Waals surface area (Å²) in [5, 5.41) is 6.20. The van der Waals surface area contributed by atoms with Gasteiger partial charge in [-0.05, 0) is 56.3 Å². The fourth-order valence-electron chi connectivity index (χ4n) is 3.20. The van der Waals surface area contributed by atoms with Gasteiger partial charge in [-0.1, -0.05) is 53.6 Å². The average molecular weight is 458 g/mol. The first-order chi connectivity index (χ1) is 15.8. The smallest absolute Gasteiger partial charge is 0.282 e. The van der Waals surface area contributed by atoms with Crippen LogP contribution in [0.3, 0.4) is 0 Å². The molecule has 2 N–H and O–H groups in total. The van der Waals surface area contributed by atoms with E-state index in [9.17, 15) is 13.2 Å². The molecule has 166 valence electrons. The van der Waals surface area contributed by atoms with Crippen molar-refractivity contribution in [2.45, 2.75) is 18.7 Å². The van der Waals surface area contributed by atoms with Gasteiger partial charge in [0.1, 0.15) is 5.71 Å². The van der Waals surface area contributed by atoms with Gasteiger partial charge in [-0.2, -0.15) is 12.8 Å². The van der Waals surface area contributed by atoms with Crippen LogP contribution in [0, 0.1) is 13.8 Å². The molecule has 0 aliphatic heterocycles. The monoisotopic (exact) mass is 457 g/mol. The lowest BCUT2D eigenvalue weighted by Gasteiger charge is -2.18. The Kier molecular flexibility index (Phi) is 6.24. The van der Waals surface area contributed by atoms with Gasteiger partial charge in [-0.3, -0.25) is 4.79 Å². The Labute approximate surface area is 193 Å². The summed E-state index contributed by atoms with van der Waals surface area (Å²) in [6.45, 7) is 3.94. The van der Waals surface area contributed by atoms with Crippen LogP contribution in [0.5, 0.6) is 0 Å². The van der Waals surface area contributed by atoms with Crippen molar-refractivity contribution in [3.05, 3.63) is 114 Å². The van der Waals surface area contributed by atoms with Crippen LogP contribution in [-0.2, 0) is 14.8 Å². The molecule has 0 heterocycles. The van der Waals surface area contributed by atoms with Crippen molar-refractivity contribution in [3.8, 4) is 0 Å². The summed E-state index contributed by atoms with van der Waals surface area (Å²) in [4.78, 5) is 12.9. The summed E-state index contributed by atoms with van der Waals surface area (Å²) in [6, 6.07) is 23.1. The van der Waals surface area contributed by atoms with Crippen molar-refractivity contribution in [3.63, 3.8) is 0 Å². The molecule has 6 nitrogen and oxygen atoms in total. The highest BCUT2D eigenvalue weighted by Gasteiger charge is 2.23. The highest BCUT2D eigenvalue weighted by Crippen LogP contribution is 2.22. The van der Waals surface area contributed by atoms with Crippen LogP contribution in [0.2, 0.25) is 0 Å². The minimum atomic E-state index is -3.99. The number of rotatable bonds is 6. The molecule has 0 amide bonds. The van der Waals surface area contributed by atoms with Gasteiger partial charge in [0.25, 0.3) is 10.0 Å². The van der Waals surface area contributed by atoms with Gasteiger partial charge in [0.2, 0.25) is 5.78 Å². The predicted molar refractivity (Wildman–Crippen MR) is 132 cm³/mol. The topological polar surface area (TPSA) is 87.6 Å². The lowest BCUT2D eigenvalue weighted by Crippen LogP contribution is -2.23. The minimum Gasteiger partial charge on any atom is -0.354 e. The summed E-state index contributed by atoms with van der Waals surface area (Å²) in [5.41, 5.74) is 4.27. The third-order valence-electron chi connectivity index (χ3n) is 5.02. The van der Waals surface area contributed by atoms with Gasteiger partial charge >= 0.3 is 0 Å². The Balaban J connectivity index is 1.73. The Morgan fingerprint density at radius 2 is 1.18 bits per heavy atom. The molecule has 1 aliphatic carbocycles. The first kappa shape index (κ1) is 22.2. The lowest BCUT2D eigenvalue weighted by molar-refractivity contribution is -0.111. The van der Waals surface area contributed by atoms with E-state index in [1.807, 2.05) is 62.4 Å². The second-order valence-corrected chi connectivity index (χ2v) is 9.33. The molecule has 0 aromatic heterocycles. The molecule has 0 bridgehead atoms. The molecule has 0 saturated heterocycles. The lowest BCUT2D eigenvalue weighted by atomic mass is 10.0. The zero-order chi connectivity index (χ0) is 23.4. The van der Waals surface area contributed by atoms with Crippen molar-refractivity contribution >= 4 is 32.9 Å². The molecule has 0 atom stereocenters. The molecule has 3 aromatic rings. The number of benzene rings is 3. The number of ketones is 1. The Hall–Kier alpha value is -3.97. The van der Waals surface area contributed by atoms with E-state index in [-0.39, 0.29) is 22.1 Å². The molecular formula is C26H23N3O3S. The SMILES string of the molecule is Cc1ccc(NC2=C/C(=N\S(=O)(=O)c3ccccc3)C(Nc3ccc(C)cc3)=CC2=O)cc1. The fraction of sp³-hybridized carbons (Fsp3) is 0.0769. The summed E-state index contributed by atoms with van der Waals surface area (Å²) >= 11 is 0. The van der Waals surface area contributed by atoms with E-state index in [0.717, 1.165) is 11.1 Å². The van der Waals surface area contributed by atoms with E-state index in [0.29, 0.717) is 17.1 Å². The van der Waals surface area contributed by atoms with Gasteiger partial charge < -0.3 is 10.6 Å². The average Bonchev–Trinajstić information content (AvgIpc) is 2.80. The zero-order valence-corrected chi connectivity index (χ0v) is 19.1. The largest absolute Gasteiger partial charge is 0.354 e. The normalized spacial score (nSPS) is 15.1. The summed E-state index contributed by atoms with van der Waals surface area (Å²) in [6.07, 6.45) is 2.81. The maximum Gasteiger partial charge on any atom is 0.282 e. The standard InChI is InChI=1S/C26H23N3O3S/c1-18-8-12-20(13-9-18)27-23-17-26(30)25(28-21-14-10-19(2)11-15-21)16-24(23)29-33(31,32)22-6-4-3-5-7-22/h3-17,27-28H,1-2H3/b29-24+. The number of allylic oxidation sites excluding steroid dienone is 2. The van der Waals surface area contributed by atoms with Gasteiger partial charge in [-0.25, -0.2) is 0 Å². The quantitative estimate of drug-likeness (QED) is 0.508. The van der Waals surface area contributed by atoms with Crippen LogP contribution in [0.1, 0.15) is 11.1 Å². The number of nitrogens with zero attached hydrogens (tertiary/aromatic N) is 1. The Morgan fingerprint density at radius 1 is 0.667 bits per heavy atom. The number of hydrogen-bond acceptors (Lipinski definition) is 5. The summed E-state index contributed by atoms with van der Waals surface area (Å²) in [5.74, 6) is -0.291. The second kappa shape index (κ2) is 9.26. The van der Waals surface area contributed by atoms with E-state index in [1.165, 1.54) is 24.3 Å². The molecule has 4 rings (SSSR count). The molecule has 3 aromatic carbocycles. The first-order valence-electron chi connectivity index (χ1n) is 10.4. The Morgan fingerprint density at radius 3 is 1.73 bits per heavy atom. The van der Waals surface area contributed by atoms with Crippen molar-refractivity contribution in [2.24, 2.45) is 4.40 Å². The fourth-order valence-corrected chi connectivity index (χ4v) is 4.22. The molecule has 0 saturated carbocycles. The minimum absolute atomic E-state index is 0.0746. The van der Waals surface area contributed by atoms with Crippen LogP contribution >= 0.6 is 0 Å². The van der Waals surface area contributed by atoms with Crippen LogP contribution in [0.25, 0.3) is 0 Å². The number of nitrogens with one attached hydrogen (secondary N) is 2. The van der Waals surface area contributed by atoms with Crippen LogP contribution in [0.4, 0.5) is 11.4 Å². The molecule has 0 radical (unpaired) electrons. The zero-order valence-electron chi connectivity index (χ0n) is 18.2. The molecule has 1 aliphatic rings. The van der Waals surface area contributed by atoms with Gasteiger partial charge in [0.15, 0.2) is 0 Å². The van der Waals surface area contributed by atoms with Crippen molar-refractivity contribution in [2.75, 3.05) is 10.6 Å². The summed E-state index contributed by atoms with van der Waals surface area (Å²) in [7, 11) is -3.99. The number of hydrogen-bond donors (Lipinski definition) is 2. The third-order valence-corrected chi connectivity index (χ3v) is 6.32. The van der Waals surface area contributed by atoms with Crippen molar-refractivity contribution < 1.29 is 13.2 Å². The maximum atomic E-state index is 12.9. The number of anilines is 2. The first-order valence-corrected chi connectivity index (χ1v) is 11.8. The Bertz CT molecular complexity index is 1370. The van der Waals surface area contributed by atoms with Crippen LogP contribution < -0.4 is 10.6 Å². The molecule has 0 unspecified atom stereocenters. The second-order valence-electron chi connectivity index (χ2n) is 7.73. The van der Waals surface area contributed by atoms with Crippen LogP contribution in [0.15, 0.2) is 112 Å². The van der Waals surface area contributed by atoms with E-state index in [4.69, 9.17) is 0 Å². The van der Waals surface area contributed by atoms with Crippen LogP contribution in [-0.4, -0.2) is 19.9 Å². The van der Waals surface area contributed by atoms with Crippen molar-refractivity contribution in [1.82, 2.24) is 0 Å². The highest BCUT2D eigenvalue weighted by molar-refractivity contribution is 7.90. The van der Waals surface area contributed by atoms with Crippen molar-refractivity contribution in [1.29, 1.82) is 0 Å². The predicted octanol–water partition coefficient (Wildman–Crippen LogP) is 5.01. The maximum absolute atomic E-state index is 12.9. The van der Waals surface area contributed by atoms with E-state index in [1.54, 1.807) is 18.2 Å². The highest BCUT2D eigenvalue weighted by atomic mass is 32.2. The molecular weight excluding hydrogens is 434 g/mol.